The molecule has 2 aromatic rings. The molecule has 0 saturated carbocycles. The Labute approximate surface area is 122 Å². The highest BCUT2D eigenvalue weighted by molar-refractivity contribution is 6.31. The summed E-state index contributed by atoms with van der Waals surface area (Å²) in [6.07, 6.45) is 0. The lowest BCUT2D eigenvalue weighted by Gasteiger charge is -2.13. The Morgan fingerprint density at radius 3 is 2.60 bits per heavy atom. The van der Waals surface area contributed by atoms with Crippen LogP contribution in [0.4, 0.5) is 11.9 Å². The molecule has 0 radical (unpaired) electrons. The van der Waals surface area contributed by atoms with Crippen LogP contribution in [-0.2, 0) is 6.61 Å². The molecule has 0 aliphatic rings. The molecule has 0 unspecified atom stereocenters. The minimum Gasteiger partial charge on any atom is -0.458 e. The maximum absolute atomic E-state index is 6.08. The number of nitrogens with zero attached hydrogens (tertiary/aromatic N) is 4. The van der Waals surface area contributed by atoms with Crippen LogP contribution in [-0.4, -0.2) is 36.1 Å². The summed E-state index contributed by atoms with van der Waals surface area (Å²) in [6, 6.07) is 7.75. The molecule has 0 aliphatic heterocycles. The van der Waals surface area contributed by atoms with Gasteiger partial charge in [-0.1, -0.05) is 29.8 Å². The maximum Gasteiger partial charge on any atom is 0.323 e. The van der Waals surface area contributed by atoms with Crippen LogP contribution < -0.4 is 15.0 Å². The van der Waals surface area contributed by atoms with Crippen molar-refractivity contribution < 1.29 is 4.74 Å². The van der Waals surface area contributed by atoms with Gasteiger partial charge >= 0.3 is 6.01 Å². The van der Waals surface area contributed by atoms with Crippen LogP contribution in [0.3, 0.4) is 0 Å². The lowest BCUT2D eigenvalue weighted by atomic mass is 10.2. The molecule has 0 fully saturated rings. The lowest BCUT2D eigenvalue weighted by Crippen LogP contribution is -2.15. The highest BCUT2D eigenvalue weighted by Gasteiger charge is 2.09. The van der Waals surface area contributed by atoms with Crippen molar-refractivity contribution in [3.63, 3.8) is 0 Å². The molecule has 1 aromatic heterocycles. The van der Waals surface area contributed by atoms with E-state index < -0.39 is 0 Å². The first-order chi connectivity index (χ1) is 9.60. The fourth-order valence-corrected chi connectivity index (χ4v) is 1.67. The Balaban J connectivity index is 2.17. The third-order valence-corrected chi connectivity index (χ3v) is 2.91. The van der Waals surface area contributed by atoms with Gasteiger partial charge in [0.15, 0.2) is 0 Å². The first-order valence-electron chi connectivity index (χ1n) is 6.07. The van der Waals surface area contributed by atoms with E-state index in [0.29, 0.717) is 23.5 Å². The number of rotatable bonds is 5. The second-order valence-corrected chi connectivity index (χ2v) is 4.67. The van der Waals surface area contributed by atoms with Crippen molar-refractivity contribution in [1.82, 2.24) is 15.0 Å². The SMILES string of the molecule is CNc1nc(OCc2ccccc2Cl)nc(N(C)C)n1. The number of benzene rings is 1. The summed E-state index contributed by atoms with van der Waals surface area (Å²) in [6.45, 7) is 0.305. The molecule has 7 heteroatoms. The average molecular weight is 294 g/mol. The van der Waals surface area contributed by atoms with Gasteiger partial charge in [-0.2, -0.15) is 15.0 Å². The number of ether oxygens (including phenoxy) is 1. The molecule has 106 valence electrons. The number of hydrogen-bond acceptors (Lipinski definition) is 6. The van der Waals surface area contributed by atoms with Gasteiger partial charge in [-0.25, -0.2) is 0 Å². The Morgan fingerprint density at radius 1 is 1.20 bits per heavy atom. The Morgan fingerprint density at radius 2 is 1.95 bits per heavy atom. The van der Waals surface area contributed by atoms with Gasteiger partial charge in [0.25, 0.3) is 0 Å². The summed E-state index contributed by atoms with van der Waals surface area (Å²) >= 11 is 6.08. The highest BCUT2D eigenvalue weighted by atomic mass is 35.5. The fraction of sp³-hybridized carbons (Fsp3) is 0.308. The molecule has 0 aliphatic carbocycles. The van der Waals surface area contributed by atoms with Gasteiger partial charge in [-0.15, -0.1) is 0 Å². The van der Waals surface area contributed by atoms with Gasteiger partial charge in [0, 0.05) is 31.7 Å². The largest absolute Gasteiger partial charge is 0.458 e. The molecule has 0 saturated heterocycles. The molecule has 0 atom stereocenters. The van der Waals surface area contributed by atoms with Gasteiger partial charge in [0.2, 0.25) is 11.9 Å². The Hall–Kier alpha value is -2.08. The molecule has 1 N–H and O–H groups in total. The third-order valence-electron chi connectivity index (χ3n) is 2.54. The molecule has 0 bridgehead atoms. The van der Waals surface area contributed by atoms with Gasteiger partial charge in [-0.05, 0) is 6.07 Å². The van der Waals surface area contributed by atoms with Crippen molar-refractivity contribution in [2.75, 3.05) is 31.4 Å². The van der Waals surface area contributed by atoms with Gasteiger partial charge in [0.1, 0.15) is 6.61 Å². The summed E-state index contributed by atoms with van der Waals surface area (Å²) < 4.78 is 5.59. The highest BCUT2D eigenvalue weighted by Crippen LogP contribution is 2.18. The van der Waals surface area contributed by atoms with E-state index in [1.54, 1.807) is 11.9 Å². The van der Waals surface area contributed by atoms with Crippen LogP contribution in [0.5, 0.6) is 6.01 Å². The van der Waals surface area contributed by atoms with E-state index in [4.69, 9.17) is 16.3 Å². The second kappa shape index (κ2) is 6.38. The number of aromatic nitrogens is 3. The van der Waals surface area contributed by atoms with Crippen LogP contribution in [0.15, 0.2) is 24.3 Å². The zero-order valence-electron chi connectivity index (χ0n) is 11.6. The first-order valence-corrected chi connectivity index (χ1v) is 6.45. The molecular weight excluding hydrogens is 278 g/mol. The van der Waals surface area contributed by atoms with Crippen LogP contribution in [0.2, 0.25) is 5.02 Å². The number of nitrogens with one attached hydrogen (secondary N) is 1. The first kappa shape index (κ1) is 14.3. The molecule has 0 spiro atoms. The van der Waals surface area contributed by atoms with Gasteiger partial charge in [-0.3, -0.25) is 0 Å². The van der Waals surface area contributed by atoms with Crippen molar-refractivity contribution in [2.45, 2.75) is 6.61 Å². The zero-order chi connectivity index (χ0) is 14.5. The maximum atomic E-state index is 6.08. The van der Waals surface area contributed by atoms with Crippen molar-refractivity contribution >= 4 is 23.5 Å². The van der Waals surface area contributed by atoms with Crippen molar-refractivity contribution in [3.05, 3.63) is 34.9 Å². The Bertz CT molecular complexity index is 591. The molecule has 1 aromatic carbocycles. The summed E-state index contributed by atoms with van der Waals surface area (Å²) in [5.74, 6) is 0.983. The Kier molecular flexibility index (Phi) is 4.57. The molecule has 20 heavy (non-hydrogen) atoms. The average Bonchev–Trinajstić information content (AvgIpc) is 2.46. The van der Waals surface area contributed by atoms with E-state index in [1.165, 1.54) is 0 Å². The monoisotopic (exact) mass is 293 g/mol. The topological polar surface area (TPSA) is 63.2 Å². The van der Waals surface area contributed by atoms with E-state index in [0.717, 1.165) is 5.56 Å². The molecule has 2 rings (SSSR count). The number of anilines is 2. The number of halogens is 1. The third kappa shape index (κ3) is 3.48. The molecular formula is C13H16ClN5O. The van der Waals surface area contributed by atoms with E-state index in [9.17, 15) is 0 Å². The molecule has 0 amide bonds. The zero-order valence-corrected chi connectivity index (χ0v) is 12.3. The van der Waals surface area contributed by atoms with Crippen molar-refractivity contribution in [2.24, 2.45) is 0 Å². The van der Waals surface area contributed by atoms with Gasteiger partial charge < -0.3 is 15.0 Å². The smallest absolute Gasteiger partial charge is 0.323 e. The fourth-order valence-electron chi connectivity index (χ4n) is 1.48. The normalized spacial score (nSPS) is 10.2. The summed E-state index contributed by atoms with van der Waals surface area (Å²) in [5.41, 5.74) is 0.881. The standard InChI is InChI=1S/C13H16ClN5O/c1-15-11-16-12(19(2)3)18-13(17-11)20-8-9-6-4-5-7-10(9)14/h4-7H,8H2,1-3H3,(H,15,16,17,18). The van der Waals surface area contributed by atoms with E-state index >= 15 is 0 Å². The minimum absolute atomic E-state index is 0.257. The van der Waals surface area contributed by atoms with Gasteiger partial charge in [0.05, 0.1) is 0 Å². The van der Waals surface area contributed by atoms with Crippen LogP contribution in [0.25, 0.3) is 0 Å². The van der Waals surface area contributed by atoms with E-state index in [1.807, 2.05) is 38.4 Å². The predicted octanol–water partition coefficient (Wildman–Crippen LogP) is 2.21. The summed E-state index contributed by atoms with van der Waals surface area (Å²) in [5, 5.41) is 3.53. The van der Waals surface area contributed by atoms with Crippen molar-refractivity contribution in [1.29, 1.82) is 0 Å². The lowest BCUT2D eigenvalue weighted by molar-refractivity contribution is 0.280. The predicted molar refractivity (Wildman–Crippen MR) is 79.5 cm³/mol. The van der Waals surface area contributed by atoms with Crippen LogP contribution in [0.1, 0.15) is 5.56 Å². The second-order valence-electron chi connectivity index (χ2n) is 4.27. The van der Waals surface area contributed by atoms with E-state index in [-0.39, 0.29) is 6.01 Å². The molecule has 6 nitrogen and oxygen atoms in total. The quantitative estimate of drug-likeness (QED) is 0.912. The van der Waals surface area contributed by atoms with Crippen molar-refractivity contribution in [3.8, 4) is 6.01 Å². The number of hydrogen-bond donors (Lipinski definition) is 1. The summed E-state index contributed by atoms with van der Waals surface area (Å²) in [7, 11) is 5.45. The van der Waals surface area contributed by atoms with E-state index in [2.05, 4.69) is 20.3 Å². The van der Waals surface area contributed by atoms with Crippen LogP contribution in [0, 0.1) is 0 Å². The molecule has 1 heterocycles. The minimum atomic E-state index is 0.257. The van der Waals surface area contributed by atoms with Crippen LogP contribution >= 0.6 is 11.6 Å². The summed E-state index contributed by atoms with van der Waals surface area (Å²) in [4.78, 5) is 14.4.